The third kappa shape index (κ3) is 2.88. The maximum absolute atomic E-state index is 12.6. The molecule has 88 valence electrons. The lowest BCUT2D eigenvalue weighted by Gasteiger charge is -2.10. The maximum Gasteiger partial charge on any atom is 0.357 e. The Labute approximate surface area is 91.4 Å². The van der Waals surface area contributed by atoms with Crippen LogP contribution in [0.3, 0.4) is 0 Å². The van der Waals surface area contributed by atoms with Crippen LogP contribution in [0.15, 0.2) is 12.3 Å². The van der Waals surface area contributed by atoms with Crippen LogP contribution in [0, 0.1) is 0 Å². The fraction of sp³-hybridized carbons (Fsp3) is 0.400. The number of nitrogens with zero attached hydrogens (tertiary/aromatic N) is 1. The Morgan fingerprint density at radius 3 is 2.62 bits per heavy atom. The number of ether oxygens (including phenoxy) is 1. The van der Waals surface area contributed by atoms with Crippen molar-refractivity contribution in [3.8, 4) is 0 Å². The van der Waals surface area contributed by atoms with E-state index >= 15 is 0 Å². The van der Waals surface area contributed by atoms with Gasteiger partial charge in [-0.2, -0.15) is 0 Å². The van der Waals surface area contributed by atoms with E-state index in [4.69, 9.17) is 10.5 Å². The average molecular weight is 230 g/mol. The third-order valence-electron chi connectivity index (χ3n) is 1.71. The van der Waals surface area contributed by atoms with E-state index in [0.717, 1.165) is 12.3 Å². The van der Waals surface area contributed by atoms with Crippen molar-refractivity contribution in [2.75, 3.05) is 5.73 Å². The first kappa shape index (κ1) is 12.4. The Morgan fingerprint density at radius 2 is 2.12 bits per heavy atom. The van der Waals surface area contributed by atoms with Crippen LogP contribution in [-0.2, 0) is 4.74 Å². The van der Waals surface area contributed by atoms with Crippen molar-refractivity contribution in [2.24, 2.45) is 0 Å². The summed E-state index contributed by atoms with van der Waals surface area (Å²) in [6, 6.07) is 1.02. The standard InChI is InChI=1S/C10H12F2N2O2/c1-5(2)16-10(15)8-7(9(11)12)3-6(13)4-14-8/h3-5,9H,13H2,1-2H3. The first-order valence-electron chi connectivity index (χ1n) is 4.66. The number of aromatic nitrogens is 1. The van der Waals surface area contributed by atoms with Crippen LogP contribution in [-0.4, -0.2) is 17.1 Å². The highest BCUT2D eigenvalue weighted by atomic mass is 19.3. The monoisotopic (exact) mass is 230 g/mol. The summed E-state index contributed by atoms with van der Waals surface area (Å²) < 4.78 is 30.0. The quantitative estimate of drug-likeness (QED) is 0.808. The Kier molecular flexibility index (Phi) is 3.76. The van der Waals surface area contributed by atoms with Crippen LogP contribution < -0.4 is 5.73 Å². The molecule has 0 aliphatic rings. The normalized spacial score (nSPS) is 10.9. The molecular weight excluding hydrogens is 218 g/mol. The molecule has 0 bridgehead atoms. The van der Waals surface area contributed by atoms with Gasteiger partial charge in [0, 0.05) is 0 Å². The summed E-state index contributed by atoms with van der Waals surface area (Å²) in [6.07, 6.45) is -2.06. The molecule has 0 saturated heterocycles. The van der Waals surface area contributed by atoms with Gasteiger partial charge in [-0.25, -0.2) is 18.6 Å². The highest BCUT2D eigenvalue weighted by molar-refractivity contribution is 5.89. The lowest BCUT2D eigenvalue weighted by molar-refractivity contribution is 0.0360. The molecule has 0 amide bonds. The van der Waals surface area contributed by atoms with Gasteiger partial charge in [-0.15, -0.1) is 0 Å². The zero-order valence-electron chi connectivity index (χ0n) is 8.91. The Hall–Kier alpha value is -1.72. The minimum Gasteiger partial charge on any atom is -0.458 e. The molecule has 0 aliphatic heterocycles. The summed E-state index contributed by atoms with van der Waals surface area (Å²) in [5.41, 5.74) is 4.50. The number of nitrogen functional groups attached to an aromatic ring is 1. The van der Waals surface area contributed by atoms with Crippen molar-refractivity contribution in [3.05, 3.63) is 23.5 Å². The summed E-state index contributed by atoms with van der Waals surface area (Å²) in [5.74, 6) is -0.870. The van der Waals surface area contributed by atoms with Crippen LogP contribution in [0.1, 0.15) is 36.3 Å². The number of anilines is 1. The van der Waals surface area contributed by atoms with E-state index in [1.54, 1.807) is 13.8 Å². The number of hydrogen-bond acceptors (Lipinski definition) is 4. The zero-order chi connectivity index (χ0) is 12.3. The summed E-state index contributed by atoms with van der Waals surface area (Å²) in [4.78, 5) is 15.0. The fourth-order valence-electron chi connectivity index (χ4n) is 1.11. The molecule has 1 rings (SSSR count). The minimum absolute atomic E-state index is 0.0800. The summed E-state index contributed by atoms with van der Waals surface area (Å²) in [5, 5.41) is 0. The van der Waals surface area contributed by atoms with E-state index in [-0.39, 0.29) is 5.69 Å². The van der Waals surface area contributed by atoms with Gasteiger partial charge in [0.25, 0.3) is 6.43 Å². The largest absolute Gasteiger partial charge is 0.458 e. The molecule has 6 heteroatoms. The molecule has 0 radical (unpaired) electrons. The molecule has 0 fully saturated rings. The van der Waals surface area contributed by atoms with Gasteiger partial charge in [-0.3, -0.25) is 0 Å². The van der Waals surface area contributed by atoms with Crippen LogP contribution in [0.25, 0.3) is 0 Å². The number of halogens is 2. The van der Waals surface area contributed by atoms with Crippen molar-refractivity contribution < 1.29 is 18.3 Å². The van der Waals surface area contributed by atoms with Gasteiger partial charge in [-0.1, -0.05) is 0 Å². The second-order valence-electron chi connectivity index (χ2n) is 3.46. The molecule has 0 aliphatic carbocycles. The lowest BCUT2D eigenvalue weighted by atomic mass is 10.2. The second kappa shape index (κ2) is 4.87. The summed E-state index contributed by atoms with van der Waals surface area (Å²) >= 11 is 0. The molecule has 2 N–H and O–H groups in total. The van der Waals surface area contributed by atoms with E-state index in [2.05, 4.69) is 4.98 Å². The molecule has 1 heterocycles. The molecule has 0 aromatic carbocycles. The number of hydrogen-bond donors (Lipinski definition) is 1. The molecule has 0 atom stereocenters. The van der Waals surface area contributed by atoms with Crippen molar-refractivity contribution in [1.29, 1.82) is 0 Å². The third-order valence-corrected chi connectivity index (χ3v) is 1.71. The van der Waals surface area contributed by atoms with E-state index in [1.807, 2.05) is 0 Å². The zero-order valence-corrected chi connectivity index (χ0v) is 8.91. The van der Waals surface area contributed by atoms with E-state index in [0.29, 0.717) is 0 Å². The minimum atomic E-state index is -2.81. The smallest absolute Gasteiger partial charge is 0.357 e. The van der Waals surface area contributed by atoms with Gasteiger partial charge in [-0.05, 0) is 19.9 Å². The molecule has 1 aromatic heterocycles. The van der Waals surface area contributed by atoms with Crippen LogP contribution in [0.4, 0.5) is 14.5 Å². The van der Waals surface area contributed by atoms with Crippen molar-refractivity contribution in [3.63, 3.8) is 0 Å². The number of rotatable bonds is 3. The molecule has 4 nitrogen and oxygen atoms in total. The Balaban J connectivity index is 3.07. The molecular formula is C10H12F2N2O2. The van der Waals surface area contributed by atoms with E-state index in [1.165, 1.54) is 0 Å². The molecule has 0 spiro atoms. The van der Waals surface area contributed by atoms with Crippen LogP contribution in [0.5, 0.6) is 0 Å². The predicted molar refractivity (Wildman–Crippen MR) is 54.2 cm³/mol. The Morgan fingerprint density at radius 1 is 1.50 bits per heavy atom. The first-order chi connectivity index (χ1) is 7.41. The Bertz CT molecular complexity index is 394. The van der Waals surface area contributed by atoms with Gasteiger partial charge >= 0.3 is 5.97 Å². The van der Waals surface area contributed by atoms with Crippen LogP contribution >= 0.6 is 0 Å². The summed E-state index contributed by atoms with van der Waals surface area (Å²) in [6.45, 7) is 3.24. The van der Waals surface area contributed by atoms with Gasteiger partial charge in [0.1, 0.15) is 0 Å². The summed E-state index contributed by atoms with van der Waals surface area (Å²) in [7, 11) is 0. The molecule has 0 saturated carbocycles. The second-order valence-corrected chi connectivity index (χ2v) is 3.46. The molecule has 0 unspecified atom stereocenters. The van der Waals surface area contributed by atoms with Gasteiger partial charge in [0.2, 0.25) is 0 Å². The molecule has 16 heavy (non-hydrogen) atoms. The van der Waals surface area contributed by atoms with Gasteiger partial charge in [0.05, 0.1) is 23.6 Å². The van der Waals surface area contributed by atoms with Gasteiger partial charge < -0.3 is 10.5 Å². The number of nitrogens with two attached hydrogens (primary N) is 1. The number of carbonyl (C=O) groups excluding carboxylic acids is 1. The van der Waals surface area contributed by atoms with Crippen molar-refractivity contribution in [1.82, 2.24) is 4.98 Å². The SMILES string of the molecule is CC(C)OC(=O)c1ncc(N)cc1C(F)F. The maximum atomic E-state index is 12.6. The van der Waals surface area contributed by atoms with E-state index < -0.39 is 29.8 Å². The number of pyridine rings is 1. The van der Waals surface area contributed by atoms with Crippen molar-refractivity contribution >= 4 is 11.7 Å². The first-order valence-corrected chi connectivity index (χ1v) is 4.66. The van der Waals surface area contributed by atoms with Gasteiger partial charge in [0.15, 0.2) is 5.69 Å². The average Bonchev–Trinajstić information content (AvgIpc) is 2.16. The molecule has 1 aromatic rings. The highest BCUT2D eigenvalue weighted by Crippen LogP contribution is 2.24. The topological polar surface area (TPSA) is 65.2 Å². The number of alkyl halides is 2. The van der Waals surface area contributed by atoms with Crippen molar-refractivity contribution in [2.45, 2.75) is 26.4 Å². The van der Waals surface area contributed by atoms with E-state index in [9.17, 15) is 13.6 Å². The van der Waals surface area contributed by atoms with Crippen LogP contribution in [0.2, 0.25) is 0 Å². The fourth-order valence-corrected chi connectivity index (χ4v) is 1.11. The number of esters is 1. The predicted octanol–water partition coefficient (Wildman–Crippen LogP) is 2.17. The lowest BCUT2D eigenvalue weighted by Crippen LogP contribution is -2.15. The number of carbonyl (C=O) groups is 1. The highest BCUT2D eigenvalue weighted by Gasteiger charge is 2.22.